The van der Waals surface area contributed by atoms with E-state index in [0.29, 0.717) is 18.3 Å². The molecule has 1 aliphatic rings. The first-order valence-electron chi connectivity index (χ1n) is 9.34. The average molecular weight is 494 g/mol. The zero-order valence-corrected chi connectivity index (χ0v) is 18.7. The lowest BCUT2D eigenvalue weighted by Crippen LogP contribution is -2.45. The Balaban J connectivity index is 0.00000364. The van der Waals surface area contributed by atoms with Gasteiger partial charge in [0.15, 0.2) is 5.96 Å². The molecule has 1 aromatic carbocycles. The molecule has 6 nitrogen and oxygen atoms in total. The summed E-state index contributed by atoms with van der Waals surface area (Å²) in [6.45, 7) is 11.8. The van der Waals surface area contributed by atoms with Crippen LogP contribution in [-0.2, 0) is 4.74 Å². The lowest BCUT2D eigenvalue weighted by Gasteiger charge is -2.31. The minimum absolute atomic E-state index is 0. The summed E-state index contributed by atoms with van der Waals surface area (Å²) in [5, 5.41) is 6.57. The van der Waals surface area contributed by atoms with Crippen molar-refractivity contribution in [1.29, 1.82) is 0 Å². The first-order valence-corrected chi connectivity index (χ1v) is 9.34. The molecule has 154 valence electrons. The zero-order chi connectivity index (χ0) is 18.8. The van der Waals surface area contributed by atoms with Crippen molar-refractivity contribution in [2.24, 2.45) is 4.99 Å². The van der Waals surface area contributed by atoms with E-state index < -0.39 is 0 Å². The van der Waals surface area contributed by atoms with E-state index in [4.69, 9.17) is 9.47 Å². The van der Waals surface area contributed by atoms with E-state index in [0.717, 1.165) is 45.4 Å². The van der Waals surface area contributed by atoms with Gasteiger partial charge in [-0.25, -0.2) is 4.39 Å². The van der Waals surface area contributed by atoms with Crippen LogP contribution >= 0.6 is 24.0 Å². The second-order valence-corrected chi connectivity index (χ2v) is 6.48. The van der Waals surface area contributed by atoms with Gasteiger partial charge in [-0.15, -0.1) is 24.0 Å². The molecule has 2 atom stereocenters. The van der Waals surface area contributed by atoms with Crippen LogP contribution in [0, 0.1) is 5.82 Å². The van der Waals surface area contributed by atoms with Crippen molar-refractivity contribution in [2.45, 2.75) is 32.9 Å². The molecule has 2 N–H and O–H groups in total. The highest BCUT2D eigenvalue weighted by Crippen LogP contribution is 2.12. The van der Waals surface area contributed by atoms with Gasteiger partial charge in [0.2, 0.25) is 0 Å². The second kappa shape index (κ2) is 13.1. The molecule has 0 saturated carbocycles. The molecule has 1 heterocycles. The average Bonchev–Trinajstić information content (AvgIpc) is 2.66. The van der Waals surface area contributed by atoms with Gasteiger partial charge in [0.25, 0.3) is 0 Å². The van der Waals surface area contributed by atoms with Gasteiger partial charge in [-0.05, 0) is 45.0 Å². The fourth-order valence-electron chi connectivity index (χ4n) is 2.73. The van der Waals surface area contributed by atoms with E-state index in [1.165, 1.54) is 12.1 Å². The topological polar surface area (TPSA) is 58.1 Å². The maximum atomic E-state index is 12.9. The molecule has 0 aromatic heterocycles. The highest BCUT2D eigenvalue weighted by molar-refractivity contribution is 14.0. The number of aliphatic imine (C=N–C) groups is 1. The van der Waals surface area contributed by atoms with E-state index in [2.05, 4.69) is 27.4 Å². The van der Waals surface area contributed by atoms with Crippen LogP contribution in [0.5, 0.6) is 5.75 Å². The van der Waals surface area contributed by atoms with E-state index in [9.17, 15) is 4.39 Å². The molecular weight excluding hydrogens is 462 g/mol. The number of nitrogens with one attached hydrogen (secondary N) is 2. The zero-order valence-electron chi connectivity index (χ0n) is 16.4. The van der Waals surface area contributed by atoms with Crippen molar-refractivity contribution in [2.75, 3.05) is 45.9 Å². The Morgan fingerprint density at radius 2 is 1.89 bits per heavy atom. The number of halogens is 2. The number of morpholine rings is 1. The van der Waals surface area contributed by atoms with Gasteiger partial charge in [-0.1, -0.05) is 0 Å². The largest absolute Gasteiger partial charge is 0.489 e. The molecule has 2 unspecified atom stereocenters. The van der Waals surface area contributed by atoms with E-state index in [-0.39, 0.29) is 35.9 Å². The first kappa shape index (κ1) is 23.9. The number of benzene rings is 1. The van der Waals surface area contributed by atoms with Gasteiger partial charge >= 0.3 is 0 Å². The number of hydrogen-bond acceptors (Lipinski definition) is 4. The number of ether oxygens (including phenoxy) is 2. The number of guanidine groups is 1. The van der Waals surface area contributed by atoms with Crippen molar-refractivity contribution in [3.05, 3.63) is 30.1 Å². The van der Waals surface area contributed by atoms with Gasteiger partial charge in [0, 0.05) is 25.7 Å². The molecule has 0 spiro atoms. The van der Waals surface area contributed by atoms with Crippen LogP contribution in [0.1, 0.15) is 20.8 Å². The monoisotopic (exact) mass is 494 g/mol. The summed E-state index contributed by atoms with van der Waals surface area (Å²) < 4.78 is 24.1. The second-order valence-electron chi connectivity index (χ2n) is 6.48. The van der Waals surface area contributed by atoms with Crippen LogP contribution < -0.4 is 15.4 Å². The maximum absolute atomic E-state index is 12.9. The van der Waals surface area contributed by atoms with Crippen LogP contribution in [0.25, 0.3) is 0 Å². The Morgan fingerprint density at radius 1 is 1.22 bits per heavy atom. The Labute approximate surface area is 178 Å². The Kier molecular flexibility index (Phi) is 11.6. The van der Waals surface area contributed by atoms with Crippen LogP contribution in [-0.4, -0.2) is 68.9 Å². The quantitative estimate of drug-likeness (QED) is 0.331. The SMILES string of the molecule is CCNC(=NCC(C)N1CCOCC1)NCC(C)Oc1ccc(F)cc1.I. The molecule has 0 aliphatic carbocycles. The number of nitrogens with zero attached hydrogens (tertiary/aromatic N) is 2. The fourth-order valence-corrected chi connectivity index (χ4v) is 2.73. The minimum atomic E-state index is -0.265. The highest BCUT2D eigenvalue weighted by Gasteiger charge is 2.16. The van der Waals surface area contributed by atoms with Crippen molar-refractivity contribution < 1.29 is 13.9 Å². The van der Waals surface area contributed by atoms with Gasteiger partial charge in [0.05, 0.1) is 26.3 Å². The molecular formula is C19H32FIN4O2. The summed E-state index contributed by atoms with van der Waals surface area (Å²) in [5.74, 6) is 1.17. The van der Waals surface area contributed by atoms with Crippen LogP contribution in [0.2, 0.25) is 0 Å². The normalized spacial score (nSPS) is 17.6. The first-order chi connectivity index (χ1) is 12.6. The molecule has 1 aliphatic heterocycles. The van der Waals surface area contributed by atoms with Gasteiger partial charge < -0.3 is 20.1 Å². The Hall–Kier alpha value is -1.13. The van der Waals surface area contributed by atoms with Crippen molar-refractivity contribution in [3.63, 3.8) is 0 Å². The summed E-state index contributed by atoms with van der Waals surface area (Å²) in [5.41, 5.74) is 0. The Bertz CT molecular complexity index is 553. The maximum Gasteiger partial charge on any atom is 0.191 e. The van der Waals surface area contributed by atoms with E-state index in [1.54, 1.807) is 12.1 Å². The van der Waals surface area contributed by atoms with Crippen LogP contribution in [0.15, 0.2) is 29.3 Å². The summed E-state index contributed by atoms with van der Waals surface area (Å²) in [7, 11) is 0. The molecule has 2 rings (SSSR count). The van der Waals surface area contributed by atoms with Gasteiger partial charge in [-0.2, -0.15) is 0 Å². The molecule has 27 heavy (non-hydrogen) atoms. The van der Waals surface area contributed by atoms with E-state index >= 15 is 0 Å². The summed E-state index contributed by atoms with van der Waals surface area (Å²) in [6, 6.07) is 6.44. The van der Waals surface area contributed by atoms with Crippen molar-refractivity contribution >= 4 is 29.9 Å². The van der Waals surface area contributed by atoms with Crippen LogP contribution in [0.3, 0.4) is 0 Å². The lowest BCUT2D eigenvalue weighted by atomic mass is 10.2. The third kappa shape index (κ3) is 9.07. The summed E-state index contributed by atoms with van der Waals surface area (Å²) >= 11 is 0. The smallest absolute Gasteiger partial charge is 0.191 e. The number of hydrogen-bond donors (Lipinski definition) is 2. The third-order valence-electron chi connectivity index (χ3n) is 4.23. The van der Waals surface area contributed by atoms with Gasteiger partial charge in [0.1, 0.15) is 17.7 Å². The van der Waals surface area contributed by atoms with Crippen LogP contribution in [0.4, 0.5) is 4.39 Å². The molecule has 8 heteroatoms. The summed E-state index contributed by atoms with van der Waals surface area (Å²) in [6.07, 6.45) is -0.0685. The van der Waals surface area contributed by atoms with Gasteiger partial charge in [-0.3, -0.25) is 9.89 Å². The molecule has 0 radical (unpaired) electrons. The lowest BCUT2D eigenvalue weighted by molar-refractivity contribution is 0.0220. The van der Waals surface area contributed by atoms with Crippen molar-refractivity contribution in [3.8, 4) is 5.75 Å². The fraction of sp³-hybridized carbons (Fsp3) is 0.632. The molecule has 1 aromatic rings. The summed E-state index contributed by atoms with van der Waals surface area (Å²) in [4.78, 5) is 7.09. The molecule has 0 amide bonds. The third-order valence-corrected chi connectivity index (χ3v) is 4.23. The Morgan fingerprint density at radius 3 is 2.52 bits per heavy atom. The highest BCUT2D eigenvalue weighted by atomic mass is 127. The van der Waals surface area contributed by atoms with E-state index in [1.807, 2.05) is 13.8 Å². The predicted molar refractivity (Wildman–Crippen MR) is 118 cm³/mol. The minimum Gasteiger partial charge on any atom is -0.489 e. The van der Waals surface area contributed by atoms with Crippen molar-refractivity contribution in [1.82, 2.24) is 15.5 Å². The number of rotatable bonds is 8. The molecule has 1 saturated heterocycles. The molecule has 1 fully saturated rings. The molecule has 0 bridgehead atoms. The standard InChI is InChI=1S/C19H31FN4O2.HI/c1-4-21-19(22-13-15(2)24-9-11-25-12-10-24)23-14-16(3)26-18-7-5-17(20)6-8-18;/h5-8,15-16H,4,9-14H2,1-3H3,(H2,21,22,23);1H. The predicted octanol–water partition coefficient (Wildman–Crippen LogP) is 2.49.